The Morgan fingerprint density at radius 2 is 1.79 bits per heavy atom. The summed E-state index contributed by atoms with van der Waals surface area (Å²) >= 11 is 0. The third-order valence-electron chi connectivity index (χ3n) is 6.44. The highest BCUT2D eigenvalue weighted by Gasteiger charge is 2.23. The van der Waals surface area contributed by atoms with Gasteiger partial charge in [0.2, 0.25) is 0 Å². The lowest BCUT2D eigenvalue weighted by molar-refractivity contribution is 0.128. The summed E-state index contributed by atoms with van der Waals surface area (Å²) in [6, 6.07) is 11.5. The molecule has 0 amide bonds. The molecular weight excluding hydrogens is 348 g/mol. The Kier molecular flexibility index (Phi) is 8.62. The number of hydrogen-bond acceptors (Lipinski definition) is 3. The largest absolute Gasteiger partial charge is 0.383 e. The van der Waals surface area contributed by atoms with Crippen LogP contribution in [-0.4, -0.2) is 63.8 Å². The third-order valence-corrected chi connectivity index (χ3v) is 6.44. The van der Waals surface area contributed by atoms with E-state index in [0.717, 1.165) is 50.6 Å². The van der Waals surface area contributed by atoms with E-state index in [1.807, 2.05) is 7.05 Å². The molecule has 1 aromatic carbocycles. The van der Waals surface area contributed by atoms with Gasteiger partial charge in [-0.3, -0.25) is 4.99 Å². The molecule has 0 aromatic heterocycles. The molecule has 1 saturated heterocycles. The number of guanidine groups is 1. The minimum absolute atomic E-state index is 0.527. The highest BCUT2D eigenvalue weighted by molar-refractivity contribution is 5.79. The summed E-state index contributed by atoms with van der Waals surface area (Å²) in [5, 5.41) is 7.23. The standard InChI is InChI=1S/C23H38N4O/c1-24-23(26-22-12-14-27(15-13-22)16-17-28-2)25-18-19-8-10-21(11-9-19)20-6-4-3-5-7-20/h3-7,19,21-22H,8-18H2,1-2H3,(H2,24,25,26). The first-order chi connectivity index (χ1) is 13.8. The molecular formula is C23H38N4O. The van der Waals surface area contributed by atoms with Crippen molar-refractivity contribution in [2.75, 3.05) is 46.9 Å². The summed E-state index contributed by atoms with van der Waals surface area (Å²) in [4.78, 5) is 6.95. The molecule has 0 radical (unpaired) electrons. The Morgan fingerprint density at radius 1 is 1.07 bits per heavy atom. The molecule has 1 aliphatic heterocycles. The van der Waals surface area contributed by atoms with E-state index in [0.29, 0.717) is 6.04 Å². The summed E-state index contributed by atoms with van der Waals surface area (Å²) in [5.41, 5.74) is 1.52. The molecule has 2 aliphatic rings. The van der Waals surface area contributed by atoms with Gasteiger partial charge in [-0.2, -0.15) is 0 Å². The second-order valence-electron chi connectivity index (χ2n) is 8.33. The van der Waals surface area contributed by atoms with Crippen LogP contribution in [0.15, 0.2) is 35.3 Å². The number of hydrogen-bond donors (Lipinski definition) is 2. The quantitative estimate of drug-likeness (QED) is 0.558. The predicted molar refractivity (Wildman–Crippen MR) is 117 cm³/mol. The zero-order valence-corrected chi connectivity index (χ0v) is 17.7. The fourth-order valence-corrected chi connectivity index (χ4v) is 4.58. The van der Waals surface area contributed by atoms with Crippen LogP contribution in [0.3, 0.4) is 0 Å². The van der Waals surface area contributed by atoms with E-state index in [-0.39, 0.29) is 0 Å². The van der Waals surface area contributed by atoms with Gasteiger partial charge in [0, 0.05) is 46.4 Å². The van der Waals surface area contributed by atoms with E-state index in [1.165, 1.54) is 44.1 Å². The number of methoxy groups -OCH3 is 1. The van der Waals surface area contributed by atoms with Gasteiger partial charge in [0.05, 0.1) is 6.61 Å². The average Bonchev–Trinajstić information content (AvgIpc) is 2.77. The van der Waals surface area contributed by atoms with Crippen molar-refractivity contribution in [3.63, 3.8) is 0 Å². The molecule has 1 heterocycles. The summed E-state index contributed by atoms with van der Waals surface area (Å²) in [6.45, 7) is 5.19. The van der Waals surface area contributed by atoms with Gasteiger partial charge in [-0.05, 0) is 55.9 Å². The monoisotopic (exact) mass is 386 g/mol. The van der Waals surface area contributed by atoms with E-state index in [1.54, 1.807) is 7.11 Å². The first kappa shape index (κ1) is 21.1. The summed E-state index contributed by atoms with van der Waals surface area (Å²) in [7, 11) is 3.66. The van der Waals surface area contributed by atoms with Crippen molar-refractivity contribution >= 4 is 5.96 Å². The second kappa shape index (κ2) is 11.4. The number of ether oxygens (including phenoxy) is 1. The number of likely N-dealkylation sites (tertiary alicyclic amines) is 1. The minimum atomic E-state index is 0.527. The van der Waals surface area contributed by atoms with Gasteiger partial charge in [-0.15, -0.1) is 0 Å². The van der Waals surface area contributed by atoms with E-state index in [4.69, 9.17) is 4.74 Å². The lowest BCUT2D eigenvalue weighted by atomic mass is 9.79. The maximum Gasteiger partial charge on any atom is 0.191 e. The Labute approximate surface area is 170 Å². The van der Waals surface area contributed by atoms with Gasteiger partial charge in [-0.25, -0.2) is 0 Å². The molecule has 0 spiro atoms. The van der Waals surface area contributed by atoms with Crippen LogP contribution in [0.2, 0.25) is 0 Å². The van der Waals surface area contributed by atoms with E-state index in [2.05, 4.69) is 50.9 Å². The predicted octanol–water partition coefficient (Wildman–Crippen LogP) is 3.24. The molecule has 1 aromatic rings. The van der Waals surface area contributed by atoms with Crippen LogP contribution in [0.5, 0.6) is 0 Å². The van der Waals surface area contributed by atoms with Crippen molar-refractivity contribution < 1.29 is 4.74 Å². The molecule has 5 nitrogen and oxygen atoms in total. The second-order valence-corrected chi connectivity index (χ2v) is 8.33. The first-order valence-corrected chi connectivity index (χ1v) is 11.0. The minimum Gasteiger partial charge on any atom is -0.383 e. The van der Waals surface area contributed by atoms with Crippen molar-refractivity contribution in [2.45, 2.75) is 50.5 Å². The van der Waals surface area contributed by atoms with Crippen LogP contribution in [0.4, 0.5) is 0 Å². The summed E-state index contributed by atoms with van der Waals surface area (Å²) in [6.07, 6.45) is 7.58. The zero-order valence-electron chi connectivity index (χ0n) is 17.7. The van der Waals surface area contributed by atoms with Crippen molar-refractivity contribution in [1.29, 1.82) is 0 Å². The van der Waals surface area contributed by atoms with Gasteiger partial charge in [0.15, 0.2) is 5.96 Å². The van der Waals surface area contributed by atoms with Crippen molar-refractivity contribution in [1.82, 2.24) is 15.5 Å². The number of nitrogens with zero attached hydrogens (tertiary/aromatic N) is 2. The molecule has 2 fully saturated rings. The smallest absolute Gasteiger partial charge is 0.191 e. The van der Waals surface area contributed by atoms with Gasteiger partial charge in [0.1, 0.15) is 0 Å². The van der Waals surface area contributed by atoms with Crippen molar-refractivity contribution in [3.05, 3.63) is 35.9 Å². The summed E-state index contributed by atoms with van der Waals surface area (Å²) in [5.74, 6) is 2.48. The Bertz CT molecular complexity index is 576. The number of rotatable bonds is 7. The molecule has 28 heavy (non-hydrogen) atoms. The number of piperidine rings is 1. The fraction of sp³-hybridized carbons (Fsp3) is 0.696. The SMILES string of the molecule is CN=C(NCC1CCC(c2ccccc2)CC1)NC1CCN(CCOC)CC1. The maximum absolute atomic E-state index is 5.19. The molecule has 5 heteroatoms. The number of aliphatic imine (C=N–C) groups is 1. The van der Waals surface area contributed by atoms with Crippen LogP contribution >= 0.6 is 0 Å². The van der Waals surface area contributed by atoms with E-state index >= 15 is 0 Å². The van der Waals surface area contributed by atoms with Crippen LogP contribution in [0.1, 0.15) is 50.0 Å². The lowest BCUT2D eigenvalue weighted by Crippen LogP contribution is -2.49. The Hall–Kier alpha value is -1.59. The number of benzene rings is 1. The summed E-state index contributed by atoms with van der Waals surface area (Å²) < 4.78 is 5.19. The first-order valence-electron chi connectivity index (χ1n) is 11.0. The van der Waals surface area contributed by atoms with Gasteiger partial charge in [0.25, 0.3) is 0 Å². The topological polar surface area (TPSA) is 48.9 Å². The van der Waals surface area contributed by atoms with Gasteiger partial charge in [-0.1, -0.05) is 30.3 Å². The van der Waals surface area contributed by atoms with E-state index < -0.39 is 0 Å². The van der Waals surface area contributed by atoms with Crippen molar-refractivity contribution in [2.24, 2.45) is 10.9 Å². The number of nitrogens with one attached hydrogen (secondary N) is 2. The van der Waals surface area contributed by atoms with Crippen LogP contribution in [0.25, 0.3) is 0 Å². The lowest BCUT2D eigenvalue weighted by Gasteiger charge is -2.33. The van der Waals surface area contributed by atoms with Crippen LogP contribution in [-0.2, 0) is 4.74 Å². The van der Waals surface area contributed by atoms with Gasteiger partial charge < -0.3 is 20.3 Å². The van der Waals surface area contributed by atoms with Crippen LogP contribution in [0, 0.1) is 5.92 Å². The third kappa shape index (κ3) is 6.49. The van der Waals surface area contributed by atoms with Crippen molar-refractivity contribution in [3.8, 4) is 0 Å². The Balaban J connectivity index is 1.34. The average molecular weight is 387 g/mol. The molecule has 0 bridgehead atoms. The molecule has 156 valence electrons. The molecule has 2 N–H and O–H groups in total. The molecule has 0 atom stereocenters. The maximum atomic E-state index is 5.19. The molecule has 3 rings (SSSR count). The van der Waals surface area contributed by atoms with Crippen LogP contribution < -0.4 is 10.6 Å². The fourth-order valence-electron chi connectivity index (χ4n) is 4.58. The normalized spacial score (nSPS) is 24.9. The zero-order chi connectivity index (χ0) is 19.6. The Morgan fingerprint density at radius 3 is 2.43 bits per heavy atom. The molecule has 1 saturated carbocycles. The highest BCUT2D eigenvalue weighted by atomic mass is 16.5. The molecule has 0 unspecified atom stereocenters. The molecule has 1 aliphatic carbocycles. The van der Waals surface area contributed by atoms with E-state index in [9.17, 15) is 0 Å². The highest BCUT2D eigenvalue weighted by Crippen LogP contribution is 2.35. The van der Waals surface area contributed by atoms with Gasteiger partial charge >= 0.3 is 0 Å².